The van der Waals surface area contributed by atoms with Crippen LogP contribution in [0.25, 0.3) is 0 Å². The molecule has 0 heterocycles. The van der Waals surface area contributed by atoms with Gasteiger partial charge in [-0.05, 0) is 30.3 Å². The third-order valence-corrected chi connectivity index (χ3v) is 4.09. The van der Waals surface area contributed by atoms with E-state index in [2.05, 4.69) is 5.32 Å². The number of hydrogen-bond donors (Lipinski definition) is 2. The highest BCUT2D eigenvalue weighted by molar-refractivity contribution is 7.92. The summed E-state index contributed by atoms with van der Waals surface area (Å²) in [7, 11) is -0.853. The molecule has 0 aliphatic rings. The van der Waals surface area contributed by atoms with Crippen LogP contribution in [0.4, 0.5) is 15.8 Å². The van der Waals surface area contributed by atoms with E-state index in [0.717, 1.165) is 18.4 Å². The highest BCUT2D eigenvalue weighted by atomic mass is 35.5. The van der Waals surface area contributed by atoms with E-state index in [4.69, 9.17) is 21.1 Å². The van der Waals surface area contributed by atoms with Crippen molar-refractivity contribution in [2.24, 2.45) is 0 Å². The Kier molecular flexibility index (Phi) is 5.94. The number of carbonyl (C=O) groups is 1. The number of carbonyl (C=O) groups excluding carboxylic acids is 1. The average molecular weight is 403 g/mol. The van der Waals surface area contributed by atoms with Crippen LogP contribution in [0.15, 0.2) is 30.3 Å². The summed E-state index contributed by atoms with van der Waals surface area (Å²) < 4.78 is 48.5. The van der Waals surface area contributed by atoms with Gasteiger partial charge in [-0.15, -0.1) is 0 Å². The van der Waals surface area contributed by atoms with E-state index in [1.807, 2.05) is 4.72 Å². The molecule has 0 atom stereocenters. The molecule has 0 fully saturated rings. The van der Waals surface area contributed by atoms with Crippen LogP contribution in [0.3, 0.4) is 0 Å². The van der Waals surface area contributed by atoms with E-state index in [1.54, 1.807) is 0 Å². The van der Waals surface area contributed by atoms with Crippen LogP contribution >= 0.6 is 11.6 Å². The number of nitrogens with one attached hydrogen (secondary N) is 2. The number of ether oxygens (including phenoxy) is 2. The molecule has 140 valence electrons. The Labute approximate surface area is 155 Å². The number of halogens is 2. The Bertz CT molecular complexity index is 950. The lowest BCUT2D eigenvalue weighted by Gasteiger charge is -2.13. The van der Waals surface area contributed by atoms with Gasteiger partial charge in [0.05, 0.1) is 31.2 Å². The maximum absolute atomic E-state index is 13.7. The minimum absolute atomic E-state index is 0.176. The van der Waals surface area contributed by atoms with Gasteiger partial charge in [-0.1, -0.05) is 11.6 Å². The average Bonchev–Trinajstić information content (AvgIpc) is 2.55. The maximum atomic E-state index is 13.7. The summed E-state index contributed by atoms with van der Waals surface area (Å²) in [5.41, 5.74) is 0.0821. The van der Waals surface area contributed by atoms with Crippen LogP contribution in [-0.2, 0) is 10.0 Å². The number of amides is 1. The van der Waals surface area contributed by atoms with E-state index >= 15 is 0 Å². The summed E-state index contributed by atoms with van der Waals surface area (Å²) >= 11 is 6.07. The van der Waals surface area contributed by atoms with E-state index < -0.39 is 21.7 Å². The van der Waals surface area contributed by atoms with Crippen LogP contribution in [-0.4, -0.2) is 34.8 Å². The van der Waals surface area contributed by atoms with E-state index in [-0.39, 0.29) is 33.5 Å². The summed E-state index contributed by atoms with van der Waals surface area (Å²) in [6.07, 6.45) is 0.892. The zero-order valence-corrected chi connectivity index (χ0v) is 15.7. The largest absolute Gasteiger partial charge is 0.493 e. The lowest BCUT2D eigenvalue weighted by molar-refractivity contribution is 0.102. The van der Waals surface area contributed by atoms with Crippen LogP contribution in [0.2, 0.25) is 5.02 Å². The molecule has 1 amide bonds. The molecule has 2 N–H and O–H groups in total. The lowest BCUT2D eigenvalue weighted by atomic mass is 10.1. The second-order valence-corrected chi connectivity index (χ2v) is 7.37. The molecule has 2 aromatic carbocycles. The molecule has 0 bridgehead atoms. The normalized spacial score (nSPS) is 11.0. The van der Waals surface area contributed by atoms with Crippen molar-refractivity contribution in [3.63, 3.8) is 0 Å². The van der Waals surface area contributed by atoms with Gasteiger partial charge in [-0.2, -0.15) is 0 Å². The lowest BCUT2D eigenvalue weighted by Crippen LogP contribution is -2.14. The third-order valence-electron chi connectivity index (χ3n) is 3.22. The number of rotatable bonds is 6. The number of sulfonamides is 1. The van der Waals surface area contributed by atoms with Crippen molar-refractivity contribution in [1.82, 2.24) is 0 Å². The van der Waals surface area contributed by atoms with Crippen molar-refractivity contribution in [2.75, 3.05) is 30.5 Å². The topological polar surface area (TPSA) is 93.7 Å². The van der Waals surface area contributed by atoms with Crippen molar-refractivity contribution in [1.29, 1.82) is 0 Å². The van der Waals surface area contributed by atoms with E-state index in [0.29, 0.717) is 0 Å². The second-order valence-electron chi connectivity index (χ2n) is 5.22. The minimum Gasteiger partial charge on any atom is -0.493 e. The fourth-order valence-electron chi connectivity index (χ4n) is 2.13. The second kappa shape index (κ2) is 7.79. The molecule has 10 heteroatoms. The van der Waals surface area contributed by atoms with Crippen molar-refractivity contribution in [2.45, 2.75) is 0 Å². The highest BCUT2D eigenvalue weighted by Gasteiger charge is 2.16. The third kappa shape index (κ3) is 4.77. The number of anilines is 2. The molecule has 2 aromatic rings. The SMILES string of the molecule is COc1cc(C(=O)Nc2ccc(F)c(NS(C)(=O)=O)c2)cc(Cl)c1OC. The molecule has 26 heavy (non-hydrogen) atoms. The summed E-state index contributed by atoms with van der Waals surface area (Å²) in [5.74, 6) is -0.775. The van der Waals surface area contributed by atoms with Gasteiger partial charge in [0.1, 0.15) is 5.82 Å². The first-order chi connectivity index (χ1) is 12.1. The molecule has 0 aromatic heterocycles. The first kappa shape index (κ1) is 19.8. The first-order valence-corrected chi connectivity index (χ1v) is 9.41. The van der Waals surface area contributed by atoms with Gasteiger partial charge >= 0.3 is 0 Å². The number of hydrogen-bond acceptors (Lipinski definition) is 5. The predicted octanol–water partition coefficient (Wildman–Crippen LogP) is 3.12. The van der Waals surface area contributed by atoms with Gasteiger partial charge in [-0.3, -0.25) is 9.52 Å². The van der Waals surface area contributed by atoms with Crippen molar-refractivity contribution in [3.05, 3.63) is 46.7 Å². The van der Waals surface area contributed by atoms with Crippen LogP contribution < -0.4 is 19.5 Å². The van der Waals surface area contributed by atoms with E-state index in [1.165, 1.54) is 32.4 Å². The van der Waals surface area contributed by atoms with Crippen LogP contribution in [0, 0.1) is 5.82 Å². The summed E-state index contributed by atoms with van der Waals surface area (Å²) in [6, 6.07) is 6.31. The Morgan fingerprint density at radius 1 is 1.15 bits per heavy atom. The Morgan fingerprint density at radius 2 is 1.85 bits per heavy atom. The van der Waals surface area contributed by atoms with Crippen molar-refractivity contribution < 1.29 is 27.1 Å². The number of methoxy groups -OCH3 is 2. The molecule has 7 nitrogen and oxygen atoms in total. The Balaban J connectivity index is 2.30. The molecule has 0 aliphatic heterocycles. The quantitative estimate of drug-likeness (QED) is 0.774. The smallest absolute Gasteiger partial charge is 0.255 e. The summed E-state index contributed by atoms with van der Waals surface area (Å²) in [4.78, 5) is 12.4. The maximum Gasteiger partial charge on any atom is 0.255 e. The molecule has 0 saturated heterocycles. The zero-order valence-electron chi connectivity index (χ0n) is 14.1. The highest BCUT2D eigenvalue weighted by Crippen LogP contribution is 2.36. The van der Waals surface area contributed by atoms with Crippen molar-refractivity contribution >= 4 is 38.9 Å². The number of benzene rings is 2. The minimum atomic E-state index is -3.67. The molecule has 2 rings (SSSR count). The van der Waals surface area contributed by atoms with Gasteiger partial charge in [0, 0.05) is 11.3 Å². The Hall–Kier alpha value is -2.52. The molecular formula is C16H16ClFN2O5S. The molecule has 0 spiro atoms. The van der Waals surface area contributed by atoms with Gasteiger partial charge < -0.3 is 14.8 Å². The molecule has 0 aliphatic carbocycles. The molecular weight excluding hydrogens is 387 g/mol. The van der Waals surface area contributed by atoms with Gasteiger partial charge in [0.15, 0.2) is 11.5 Å². The fourth-order valence-corrected chi connectivity index (χ4v) is 2.98. The van der Waals surface area contributed by atoms with Crippen molar-refractivity contribution in [3.8, 4) is 11.5 Å². The summed E-state index contributed by atoms with van der Waals surface area (Å²) in [5, 5.41) is 2.71. The molecule has 0 radical (unpaired) electrons. The standard InChI is InChI=1S/C16H16ClFN2O5S/c1-24-14-7-9(6-11(17)15(14)25-2)16(21)19-10-4-5-12(18)13(8-10)20-26(3,22)23/h4-8,20H,1-3H3,(H,19,21). The monoisotopic (exact) mass is 402 g/mol. The van der Waals surface area contributed by atoms with E-state index in [9.17, 15) is 17.6 Å². The first-order valence-electron chi connectivity index (χ1n) is 7.15. The van der Waals surface area contributed by atoms with Gasteiger partial charge in [0.25, 0.3) is 5.91 Å². The molecule has 0 saturated carbocycles. The van der Waals surface area contributed by atoms with Crippen LogP contribution in [0.5, 0.6) is 11.5 Å². The van der Waals surface area contributed by atoms with Gasteiger partial charge in [0.2, 0.25) is 10.0 Å². The zero-order chi connectivity index (χ0) is 19.5. The van der Waals surface area contributed by atoms with Gasteiger partial charge in [-0.25, -0.2) is 12.8 Å². The predicted molar refractivity (Wildman–Crippen MR) is 97.4 cm³/mol. The summed E-state index contributed by atoms with van der Waals surface area (Å²) in [6.45, 7) is 0. The fraction of sp³-hybridized carbons (Fsp3) is 0.188. The Morgan fingerprint density at radius 3 is 2.42 bits per heavy atom. The molecule has 0 unspecified atom stereocenters. The van der Waals surface area contributed by atoms with Crippen LogP contribution in [0.1, 0.15) is 10.4 Å².